The molecular formula is C25H29N5O3. The van der Waals surface area contributed by atoms with E-state index in [1.54, 1.807) is 19.5 Å². The first kappa shape index (κ1) is 22.4. The number of hydrogen-bond acceptors (Lipinski definition) is 6. The number of dihydropyridines is 1. The van der Waals surface area contributed by atoms with Crippen molar-refractivity contribution in [3.63, 3.8) is 0 Å². The van der Waals surface area contributed by atoms with Gasteiger partial charge in [-0.3, -0.25) is 4.79 Å². The first-order chi connectivity index (χ1) is 16.0. The van der Waals surface area contributed by atoms with Gasteiger partial charge in [0.1, 0.15) is 18.0 Å². The van der Waals surface area contributed by atoms with Gasteiger partial charge >= 0.3 is 0 Å². The standard InChI is InChI=1S/C25H29N5O3/c1-16-12-21(32-4)19(13-28-16)14-29-25(31)23-18(3)30(24-20(23)8-7-11-27-24)17(2)15-33-22-9-5-6-10-26-22/h5-12,17,28H,13-15H2,1-4H3,(H,29,31). The summed E-state index contributed by atoms with van der Waals surface area (Å²) in [5.41, 5.74) is 4.25. The van der Waals surface area contributed by atoms with E-state index >= 15 is 0 Å². The molecule has 8 nitrogen and oxygen atoms in total. The number of carbonyl (C=O) groups is 1. The highest BCUT2D eigenvalue weighted by molar-refractivity contribution is 6.07. The van der Waals surface area contributed by atoms with Crippen LogP contribution >= 0.6 is 0 Å². The lowest BCUT2D eigenvalue weighted by molar-refractivity contribution is 0.0957. The summed E-state index contributed by atoms with van der Waals surface area (Å²) >= 11 is 0. The van der Waals surface area contributed by atoms with Gasteiger partial charge in [-0.25, -0.2) is 9.97 Å². The predicted molar refractivity (Wildman–Crippen MR) is 127 cm³/mol. The average Bonchev–Trinajstić information content (AvgIpc) is 3.14. The van der Waals surface area contributed by atoms with Crippen LogP contribution in [0.3, 0.4) is 0 Å². The molecule has 1 amide bonds. The first-order valence-electron chi connectivity index (χ1n) is 10.9. The van der Waals surface area contributed by atoms with Gasteiger partial charge in [0.05, 0.1) is 18.7 Å². The Bertz CT molecular complexity index is 1210. The van der Waals surface area contributed by atoms with Crippen LogP contribution in [0.1, 0.15) is 35.9 Å². The molecule has 1 unspecified atom stereocenters. The maximum absolute atomic E-state index is 13.3. The van der Waals surface area contributed by atoms with Gasteiger partial charge in [0.15, 0.2) is 0 Å². The topological polar surface area (TPSA) is 90.3 Å². The second-order valence-electron chi connectivity index (χ2n) is 8.07. The van der Waals surface area contributed by atoms with E-state index in [0.717, 1.165) is 33.8 Å². The molecule has 4 heterocycles. The van der Waals surface area contributed by atoms with Gasteiger partial charge in [-0.1, -0.05) is 6.07 Å². The Labute approximate surface area is 193 Å². The summed E-state index contributed by atoms with van der Waals surface area (Å²) in [4.78, 5) is 22.1. The van der Waals surface area contributed by atoms with Crippen molar-refractivity contribution in [2.45, 2.75) is 26.8 Å². The van der Waals surface area contributed by atoms with Crippen LogP contribution in [0, 0.1) is 6.92 Å². The van der Waals surface area contributed by atoms with E-state index in [9.17, 15) is 4.79 Å². The molecule has 3 aromatic rings. The van der Waals surface area contributed by atoms with Gasteiger partial charge in [-0.2, -0.15) is 0 Å². The molecule has 33 heavy (non-hydrogen) atoms. The molecule has 0 aromatic carbocycles. The number of fused-ring (bicyclic) bond motifs is 1. The Balaban J connectivity index is 1.58. The van der Waals surface area contributed by atoms with Crippen LogP contribution in [0.25, 0.3) is 11.0 Å². The third kappa shape index (κ3) is 4.69. The zero-order valence-corrected chi connectivity index (χ0v) is 19.4. The lowest BCUT2D eigenvalue weighted by atomic mass is 10.1. The number of ether oxygens (including phenoxy) is 2. The third-order valence-electron chi connectivity index (χ3n) is 5.74. The highest BCUT2D eigenvalue weighted by Gasteiger charge is 2.24. The molecule has 0 saturated heterocycles. The Hall–Kier alpha value is -3.81. The minimum atomic E-state index is -0.142. The van der Waals surface area contributed by atoms with Crippen molar-refractivity contribution in [1.82, 2.24) is 25.2 Å². The van der Waals surface area contributed by atoms with Crippen LogP contribution in [0.15, 0.2) is 65.8 Å². The smallest absolute Gasteiger partial charge is 0.254 e. The van der Waals surface area contributed by atoms with Gasteiger partial charge in [0.2, 0.25) is 5.88 Å². The number of hydrogen-bond donors (Lipinski definition) is 2. The quantitative estimate of drug-likeness (QED) is 0.549. The number of methoxy groups -OCH3 is 1. The molecule has 1 atom stereocenters. The molecule has 0 fully saturated rings. The lowest BCUT2D eigenvalue weighted by Crippen LogP contribution is -2.32. The van der Waals surface area contributed by atoms with Crippen LogP contribution in [-0.2, 0) is 4.74 Å². The van der Waals surface area contributed by atoms with Gasteiger partial charge < -0.3 is 24.7 Å². The second kappa shape index (κ2) is 9.77. The SMILES string of the molecule is COC1=C(CNC(=O)c2c(C)n(C(C)COc3ccccn3)c3ncccc23)CNC(C)=C1. The van der Waals surface area contributed by atoms with Crippen LogP contribution in [0.2, 0.25) is 0 Å². The summed E-state index contributed by atoms with van der Waals surface area (Å²) in [6, 6.07) is 9.29. The molecule has 0 spiro atoms. The summed E-state index contributed by atoms with van der Waals surface area (Å²) in [7, 11) is 1.64. The van der Waals surface area contributed by atoms with E-state index < -0.39 is 0 Å². The van der Waals surface area contributed by atoms with E-state index in [-0.39, 0.29) is 11.9 Å². The van der Waals surface area contributed by atoms with Gasteiger partial charge in [0, 0.05) is 53.9 Å². The molecule has 0 radical (unpaired) electrons. The van der Waals surface area contributed by atoms with Crippen molar-refractivity contribution >= 4 is 16.9 Å². The van der Waals surface area contributed by atoms with E-state index in [1.807, 2.05) is 57.2 Å². The van der Waals surface area contributed by atoms with Crippen LogP contribution in [0.4, 0.5) is 0 Å². The highest BCUT2D eigenvalue weighted by Crippen LogP contribution is 2.28. The lowest BCUT2D eigenvalue weighted by Gasteiger charge is -2.20. The van der Waals surface area contributed by atoms with E-state index in [0.29, 0.717) is 31.1 Å². The van der Waals surface area contributed by atoms with Gasteiger partial charge in [-0.15, -0.1) is 0 Å². The van der Waals surface area contributed by atoms with Gasteiger partial charge in [0.25, 0.3) is 5.91 Å². The monoisotopic (exact) mass is 447 g/mol. The molecule has 8 heteroatoms. The van der Waals surface area contributed by atoms with Crippen molar-refractivity contribution in [3.8, 4) is 5.88 Å². The number of allylic oxidation sites excluding steroid dienone is 2. The zero-order valence-electron chi connectivity index (χ0n) is 19.4. The highest BCUT2D eigenvalue weighted by atomic mass is 16.5. The molecule has 0 saturated carbocycles. The van der Waals surface area contributed by atoms with Crippen molar-refractivity contribution in [2.75, 3.05) is 26.8 Å². The maximum Gasteiger partial charge on any atom is 0.254 e. The van der Waals surface area contributed by atoms with Crippen LogP contribution < -0.4 is 15.4 Å². The van der Waals surface area contributed by atoms with Gasteiger partial charge in [-0.05, 0) is 45.0 Å². The molecule has 172 valence electrons. The zero-order chi connectivity index (χ0) is 23.4. The summed E-state index contributed by atoms with van der Waals surface area (Å²) in [6.45, 7) is 7.41. The number of rotatable bonds is 8. The summed E-state index contributed by atoms with van der Waals surface area (Å²) in [5.74, 6) is 1.21. The van der Waals surface area contributed by atoms with Crippen LogP contribution in [-0.4, -0.2) is 47.2 Å². The minimum Gasteiger partial charge on any atom is -0.497 e. The van der Waals surface area contributed by atoms with Crippen molar-refractivity contribution in [1.29, 1.82) is 0 Å². The molecule has 1 aliphatic heterocycles. The fraction of sp³-hybridized carbons (Fsp3) is 0.320. The number of amides is 1. The molecule has 4 rings (SSSR count). The number of nitrogens with one attached hydrogen (secondary N) is 2. The number of nitrogens with zero attached hydrogens (tertiary/aromatic N) is 3. The summed E-state index contributed by atoms with van der Waals surface area (Å²) in [6.07, 6.45) is 5.38. The van der Waals surface area contributed by atoms with Crippen molar-refractivity contribution < 1.29 is 14.3 Å². The summed E-state index contributed by atoms with van der Waals surface area (Å²) in [5, 5.41) is 7.16. The number of pyridine rings is 2. The predicted octanol–water partition coefficient (Wildman–Crippen LogP) is 3.52. The average molecular weight is 448 g/mol. The van der Waals surface area contributed by atoms with Crippen molar-refractivity contribution in [2.24, 2.45) is 0 Å². The molecule has 0 aliphatic carbocycles. The van der Waals surface area contributed by atoms with E-state index in [4.69, 9.17) is 9.47 Å². The number of carbonyl (C=O) groups excluding carboxylic acids is 1. The Morgan fingerprint density at radius 2 is 2.03 bits per heavy atom. The van der Waals surface area contributed by atoms with E-state index in [2.05, 4.69) is 25.2 Å². The molecule has 2 N–H and O–H groups in total. The van der Waals surface area contributed by atoms with E-state index in [1.165, 1.54) is 0 Å². The Morgan fingerprint density at radius 1 is 1.21 bits per heavy atom. The fourth-order valence-corrected chi connectivity index (χ4v) is 4.11. The summed E-state index contributed by atoms with van der Waals surface area (Å²) < 4.78 is 13.4. The molecule has 0 bridgehead atoms. The van der Waals surface area contributed by atoms with Crippen LogP contribution in [0.5, 0.6) is 5.88 Å². The molecule has 1 aliphatic rings. The minimum absolute atomic E-state index is 0.0515. The number of aromatic nitrogens is 3. The Kier molecular flexibility index (Phi) is 6.63. The molecule has 3 aromatic heterocycles. The third-order valence-corrected chi connectivity index (χ3v) is 5.74. The normalized spacial score (nSPS) is 14.5. The largest absolute Gasteiger partial charge is 0.497 e. The first-order valence-corrected chi connectivity index (χ1v) is 10.9. The van der Waals surface area contributed by atoms with Crippen molar-refractivity contribution in [3.05, 3.63) is 77.1 Å². The molecular weight excluding hydrogens is 418 g/mol. The second-order valence-corrected chi connectivity index (χ2v) is 8.07. The fourth-order valence-electron chi connectivity index (χ4n) is 4.11. The maximum atomic E-state index is 13.3. The Morgan fingerprint density at radius 3 is 2.79 bits per heavy atom.